The van der Waals surface area contributed by atoms with E-state index >= 15 is 0 Å². The molecule has 1 aliphatic heterocycles. The van der Waals surface area contributed by atoms with Crippen molar-refractivity contribution in [3.8, 4) is 5.75 Å². The topological polar surface area (TPSA) is 122 Å². The molecule has 3 rings (SSSR count). The van der Waals surface area contributed by atoms with E-state index in [2.05, 4.69) is 9.97 Å². The van der Waals surface area contributed by atoms with Gasteiger partial charge in [-0.05, 0) is 31.2 Å². The van der Waals surface area contributed by atoms with Crippen LogP contribution in [0.4, 0.5) is 0 Å². The Morgan fingerprint density at radius 3 is 2.54 bits per heavy atom. The summed E-state index contributed by atoms with van der Waals surface area (Å²) in [5.74, 6) is -0.276. The van der Waals surface area contributed by atoms with Gasteiger partial charge in [-0.15, -0.1) is 0 Å². The van der Waals surface area contributed by atoms with Crippen molar-refractivity contribution >= 4 is 15.9 Å². The SMILES string of the molecule is CCOc1ccc(S(=O)(=O)N2Cc3nccnc3CC2C(=O)NO)cc1. The minimum absolute atomic E-state index is 0.0176. The number of hydrogen-bond acceptors (Lipinski definition) is 7. The lowest BCUT2D eigenvalue weighted by molar-refractivity contribution is -0.133. The van der Waals surface area contributed by atoms with Crippen LogP contribution in [-0.2, 0) is 27.8 Å². The van der Waals surface area contributed by atoms with Crippen molar-refractivity contribution in [1.29, 1.82) is 0 Å². The largest absolute Gasteiger partial charge is 0.494 e. The molecular formula is C16H18N4O5S. The normalized spacial score (nSPS) is 17.4. The van der Waals surface area contributed by atoms with Gasteiger partial charge in [-0.2, -0.15) is 4.31 Å². The van der Waals surface area contributed by atoms with Gasteiger partial charge in [-0.1, -0.05) is 0 Å². The van der Waals surface area contributed by atoms with E-state index in [-0.39, 0.29) is 17.9 Å². The molecule has 0 fully saturated rings. The van der Waals surface area contributed by atoms with E-state index in [1.165, 1.54) is 30.0 Å². The van der Waals surface area contributed by atoms with E-state index in [1.54, 1.807) is 12.1 Å². The van der Waals surface area contributed by atoms with Crippen LogP contribution in [0.1, 0.15) is 18.3 Å². The molecule has 0 spiro atoms. The van der Waals surface area contributed by atoms with Crippen LogP contribution >= 0.6 is 0 Å². The lowest BCUT2D eigenvalue weighted by Gasteiger charge is -2.33. The van der Waals surface area contributed by atoms with Crippen LogP contribution in [0.2, 0.25) is 0 Å². The zero-order valence-electron chi connectivity index (χ0n) is 14.0. The monoisotopic (exact) mass is 378 g/mol. The first-order valence-electron chi connectivity index (χ1n) is 7.94. The Kier molecular flexibility index (Phi) is 5.16. The molecule has 9 nitrogen and oxygen atoms in total. The fraction of sp³-hybridized carbons (Fsp3) is 0.312. The molecule has 138 valence electrons. The molecule has 1 unspecified atom stereocenters. The van der Waals surface area contributed by atoms with Crippen LogP contribution in [0.5, 0.6) is 5.75 Å². The molecule has 0 radical (unpaired) electrons. The van der Waals surface area contributed by atoms with E-state index in [0.717, 1.165) is 4.31 Å². The Morgan fingerprint density at radius 1 is 1.27 bits per heavy atom. The van der Waals surface area contributed by atoms with Crippen LogP contribution in [-0.4, -0.2) is 46.5 Å². The number of hydrogen-bond donors (Lipinski definition) is 2. The average molecular weight is 378 g/mol. The minimum atomic E-state index is -4.00. The van der Waals surface area contributed by atoms with Gasteiger partial charge in [0.2, 0.25) is 10.0 Å². The van der Waals surface area contributed by atoms with Crippen LogP contribution < -0.4 is 10.2 Å². The Balaban J connectivity index is 1.99. The summed E-state index contributed by atoms with van der Waals surface area (Å²) in [6.07, 6.45) is 2.96. The molecule has 1 atom stereocenters. The molecule has 1 aromatic carbocycles. The highest BCUT2D eigenvalue weighted by atomic mass is 32.2. The van der Waals surface area contributed by atoms with E-state index < -0.39 is 22.0 Å². The van der Waals surface area contributed by atoms with E-state index in [4.69, 9.17) is 9.94 Å². The number of aromatic nitrogens is 2. The second-order valence-corrected chi connectivity index (χ2v) is 7.49. The Bertz CT molecular complexity index is 901. The maximum atomic E-state index is 13.1. The maximum Gasteiger partial charge on any atom is 0.262 e. The van der Waals surface area contributed by atoms with Gasteiger partial charge in [0, 0.05) is 18.8 Å². The number of carbonyl (C=O) groups excluding carboxylic acids is 1. The standard InChI is InChI=1S/C16H18N4O5S/c1-2-25-11-3-5-12(6-4-11)26(23,24)20-10-14-13(17-7-8-18-14)9-15(20)16(21)19-22/h3-8,15,22H,2,9-10H2,1H3,(H,19,21). The average Bonchev–Trinajstić information content (AvgIpc) is 2.67. The molecule has 2 N–H and O–H groups in total. The van der Waals surface area contributed by atoms with Crippen molar-refractivity contribution in [3.05, 3.63) is 48.0 Å². The zero-order valence-corrected chi connectivity index (χ0v) is 14.8. The van der Waals surface area contributed by atoms with Crippen LogP contribution in [0, 0.1) is 0 Å². The number of rotatable bonds is 5. The second-order valence-electron chi connectivity index (χ2n) is 5.60. The number of nitrogens with one attached hydrogen (secondary N) is 1. The van der Waals surface area contributed by atoms with Gasteiger partial charge in [0.15, 0.2) is 0 Å². The van der Waals surface area contributed by atoms with E-state index in [9.17, 15) is 13.2 Å². The quantitative estimate of drug-likeness (QED) is 0.574. The Hall–Kier alpha value is -2.56. The smallest absolute Gasteiger partial charge is 0.262 e. The summed E-state index contributed by atoms with van der Waals surface area (Å²) < 4.78 is 32.5. The van der Waals surface area contributed by atoms with Crippen LogP contribution in [0.25, 0.3) is 0 Å². The van der Waals surface area contributed by atoms with Crippen molar-refractivity contribution in [2.45, 2.75) is 30.8 Å². The zero-order chi connectivity index (χ0) is 18.7. The van der Waals surface area contributed by atoms with Gasteiger partial charge in [0.1, 0.15) is 11.8 Å². The highest BCUT2D eigenvalue weighted by Gasteiger charge is 2.40. The number of ether oxygens (including phenoxy) is 1. The minimum Gasteiger partial charge on any atom is -0.494 e. The first-order chi connectivity index (χ1) is 12.5. The summed E-state index contributed by atoms with van der Waals surface area (Å²) in [6, 6.07) is 4.81. The summed E-state index contributed by atoms with van der Waals surface area (Å²) >= 11 is 0. The highest BCUT2D eigenvalue weighted by molar-refractivity contribution is 7.89. The van der Waals surface area contributed by atoms with Crippen LogP contribution in [0.3, 0.4) is 0 Å². The van der Waals surface area contributed by atoms with Gasteiger partial charge in [0.05, 0.1) is 29.4 Å². The number of amides is 1. The van der Waals surface area contributed by atoms with Gasteiger partial charge in [-0.3, -0.25) is 20.0 Å². The first-order valence-corrected chi connectivity index (χ1v) is 9.38. The van der Waals surface area contributed by atoms with Crippen molar-refractivity contribution in [1.82, 2.24) is 19.8 Å². The molecule has 2 aromatic rings. The van der Waals surface area contributed by atoms with Crippen molar-refractivity contribution in [2.24, 2.45) is 0 Å². The molecule has 1 aliphatic rings. The van der Waals surface area contributed by atoms with Crippen molar-refractivity contribution in [2.75, 3.05) is 6.61 Å². The number of nitrogens with zero attached hydrogens (tertiary/aromatic N) is 3. The number of benzene rings is 1. The molecular weight excluding hydrogens is 360 g/mol. The Morgan fingerprint density at radius 2 is 1.92 bits per heavy atom. The predicted molar refractivity (Wildman–Crippen MR) is 89.8 cm³/mol. The van der Waals surface area contributed by atoms with Crippen LogP contribution in [0.15, 0.2) is 41.6 Å². The van der Waals surface area contributed by atoms with Gasteiger partial charge >= 0.3 is 0 Å². The number of fused-ring (bicyclic) bond motifs is 1. The first kappa shape index (κ1) is 18.2. The number of sulfonamides is 1. The van der Waals surface area contributed by atoms with Gasteiger partial charge in [0.25, 0.3) is 5.91 Å². The van der Waals surface area contributed by atoms with E-state index in [1.807, 2.05) is 6.92 Å². The fourth-order valence-electron chi connectivity index (χ4n) is 2.80. The van der Waals surface area contributed by atoms with Crippen molar-refractivity contribution < 1.29 is 23.2 Å². The molecule has 0 bridgehead atoms. The molecule has 10 heteroatoms. The second kappa shape index (κ2) is 7.36. The number of carbonyl (C=O) groups is 1. The summed E-state index contributed by atoms with van der Waals surface area (Å²) in [5.41, 5.74) is 2.53. The third kappa shape index (κ3) is 3.39. The predicted octanol–water partition coefficient (Wildman–Crippen LogP) is 0.496. The highest BCUT2D eigenvalue weighted by Crippen LogP contribution is 2.28. The third-order valence-corrected chi connectivity index (χ3v) is 5.92. The molecule has 2 heterocycles. The van der Waals surface area contributed by atoms with Gasteiger partial charge < -0.3 is 4.74 Å². The van der Waals surface area contributed by atoms with Crippen molar-refractivity contribution in [3.63, 3.8) is 0 Å². The Labute approximate surface area is 150 Å². The third-order valence-electron chi connectivity index (χ3n) is 4.05. The maximum absolute atomic E-state index is 13.1. The fourth-order valence-corrected chi connectivity index (χ4v) is 4.35. The molecule has 0 saturated carbocycles. The molecule has 26 heavy (non-hydrogen) atoms. The molecule has 1 amide bonds. The molecule has 0 aliphatic carbocycles. The lowest BCUT2D eigenvalue weighted by atomic mass is 10.0. The summed E-state index contributed by atoms with van der Waals surface area (Å²) in [5, 5.41) is 9.01. The summed E-state index contributed by atoms with van der Waals surface area (Å²) in [6.45, 7) is 2.18. The molecule has 0 saturated heterocycles. The number of hydroxylamine groups is 1. The summed E-state index contributed by atoms with van der Waals surface area (Å²) in [4.78, 5) is 20.4. The lowest BCUT2D eigenvalue weighted by Crippen LogP contribution is -2.52. The van der Waals surface area contributed by atoms with E-state index in [0.29, 0.717) is 23.7 Å². The van der Waals surface area contributed by atoms with Gasteiger partial charge in [-0.25, -0.2) is 13.9 Å². The molecule has 1 aromatic heterocycles. The summed E-state index contributed by atoms with van der Waals surface area (Å²) in [7, 11) is -4.00.